The van der Waals surface area contributed by atoms with Crippen molar-refractivity contribution in [2.45, 2.75) is 19.6 Å². The summed E-state index contributed by atoms with van der Waals surface area (Å²) >= 11 is 0. The fourth-order valence-corrected chi connectivity index (χ4v) is 1.79. The average molecular weight is 258 g/mol. The first-order valence-corrected chi connectivity index (χ1v) is 6.16. The van der Waals surface area contributed by atoms with Crippen molar-refractivity contribution in [2.75, 3.05) is 7.11 Å². The third-order valence-corrected chi connectivity index (χ3v) is 2.83. The van der Waals surface area contributed by atoms with Gasteiger partial charge in [-0.05, 0) is 19.1 Å². The van der Waals surface area contributed by atoms with Crippen molar-refractivity contribution in [3.63, 3.8) is 0 Å². The molecule has 2 N–H and O–H groups in total. The van der Waals surface area contributed by atoms with Gasteiger partial charge in [0.2, 0.25) is 0 Å². The van der Waals surface area contributed by atoms with E-state index < -0.39 is 0 Å². The van der Waals surface area contributed by atoms with Crippen LogP contribution in [0.5, 0.6) is 11.5 Å². The summed E-state index contributed by atoms with van der Waals surface area (Å²) in [6, 6.07) is 9.44. The van der Waals surface area contributed by atoms with E-state index in [2.05, 4.69) is 4.98 Å². The lowest BCUT2D eigenvalue weighted by atomic mass is 10.1. The molecule has 1 heterocycles. The molecule has 0 aliphatic carbocycles. The zero-order valence-corrected chi connectivity index (χ0v) is 11.2. The minimum absolute atomic E-state index is 0.0881. The first kappa shape index (κ1) is 13.4. The average Bonchev–Trinajstić information content (AvgIpc) is 2.45. The Bertz CT molecular complexity index is 527. The Balaban J connectivity index is 2.18. The molecule has 0 saturated carbocycles. The largest absolute Gasteiger partial charge is 0.497 e. The number of rotatable bonds is 5. The quantitative estimate of drug-likeness (QED) is 0.895. The first-order chi connectivity index (χ1) is 9.20. The van der Waals surface area contributed by atoms with E-state index in [1.807, 2.05) is 37.3 Å². The van der Waals surface area contributed by atoms with E-state index in [9.17, 15) is 0 Å². The van der Waals surface area contributed by atoms with Gasteiger partial charge in [0.25, 0.3) is 0 Å². The number of hydrogen-bond acceptors (Lipinski definition) is 4. The Morgan fingerprint density at radius 1 is 1.32 bits per heavy atom. The van der Waals surface area contributed by atoms with Gasteiger partial charge in [0.05, 0.1) is 7.11 Å². The summed E-state index contributed by atoms with van der Waals surface area (Å²) in [7, 11) is 1.63. The fraction of sp³-hybridized carbons (Fsp3) is 0.267. The second kappa shape index (κ2) is 6.20. The van der Waals surface area contributed by atoms with E-state index in [0.717, 1.165) is 22.6 Å². The van der Waals surface area contributed by atoms with E-state index in [1.165, 1.54) is 0 Å². The molecule has 0 saturated heterocycles. The molecule has 1 atom stereocenters. The van der Waals surface area contributed by atoms with Crippen molar-refractivity contribution in [1.29, 1.82) is 0 Å². The zero-order chi connectivity index (χ0) is 13.7. The molecule has 0 aliphatic rings. The van der Waals surface area contributed by atoms with Crippen LogP contribution in [-0.2, 0) is 6.61 Å². The first-order valence-electron chi connectivity index (χ1n) is 6.16. The summed E-state index contributed by atoms with van der Waals surface area (Å²) in [6.45, 7) is 2.39. The molecule has 0 radical (unpaired) electrons. The van der Waals surface area contributed by atoms with Crippen LogP contribution in [0, 0.1) is 0 Å². The summed E-state index contributed by atoms with van der Waals surface area (Å²) in [4.78, 5) is 4.06. The third-order valence-electron chi connectivity index (χ3n) is 2.83. The number of hydrogen-bond donors (Lipinski definition) is 1. The molecule has 0 aliphatic heterocycles. The third kappa shape index (κ3) is 3.45. The standard InChI is InChI=1S/C15H18N2O2/c1-11(16)14-6-5-13(18-2)8-15(14)19-10-12-4-3-7-17-9-12/h3-9,11H,10,16H2,1-2H3/t11-/m1/s1. The lowest BCUT2D eigenvalue weighted by molar-refractivity contribution is 0.298. The molecule has 0 unspecified atom stereocenters. The molecule has 4 heteroatoms. The van der Waals surface area contributed by atoms with E-state index in [0.29, 0.717) is 6.61 Å². The van der Waals surface area contributed by atoms with E-state index in [-0.39, 0.29) is 6.04 Å². The van der Waals surface area contributed by atoms with Crippen LogP contribution in [0.25, 0.3) is 0 Å². The number of ether oxygens (including phenoxy) is 2. The van der Waals surface area contributed by atoms with Crippen LogP contribution in [0.1, 0.15) is 24.1 Å². The minimum Gasteiger partial charge on any atom is -0.497 e. The molecule has 4 nitrogen and oxygen atoms in total. The van der Waals surface area contributed by atoms with Crippen molar-refractivity contribution in [1.82, 2.24) is 4.98 Å². The van der Waals surface area contributed by atoms with Crippen molar-refractivity contribution < 1.29 is 9.47 Å². The van der Waals surface area contributed by atoms with Crippen LogP contribution in [0.2, 0.25) is 0 Å². The van der Waals surface area contributed by atoms with Gasteiger partial charge >= 0.3 is 0 Å². The number of nitrogens with two attached hydrogens (primary N) is 1. The lowest BCUT2D eigenvalue weighted by Crippen LogP contribution is -2.08. The van der Waals surface area contributed by atoms with Crippen LogP contribution in [0.4, 0.5) is 0 Å². The molecule has 0 amide bonds. The maximum Gasteiger partial charge on any atom is 0.128 e. The maximum absolute atomic E-state index is 5.94. The Kier molecular flexibility index (Phi) is 4.36. The van der Waals surface area contributed by atoms with Crippen molar-refractivity contribution in [2.24, 2.45) is 5.73 Å². The summed E-state index contributed by atoms with van der Waals surface area (Å²) in [5, 5.41) is 0. The normalized spacial score (nSPS) is 11.9. The van der Waals surface area contributed by atoms with Crippen molar-refractivity contribution in [3.8, 4) is 11.5 Å². The zero-order valence-electron chi connectivity index (χ0n) is 11.2. The molecule has 0 fully saturated rings. The molecule has 0 bridgehead atoms. The highest BCUT2D eigenvalue weighted by molar-refractivity contribution is 5.42. The molecule has 1 aromatic heterocycles. The molecule has 0 spiro atoms. The number of aromatic nitrogens is 1. The molecule has 1 aromatic carbocycles. The minimum atomic E-state index is -0.0881. The van der Waals surface area contributed by atoms with Gasteiger partial charge in [-0.3, -0.25) is 4.98 Å². The Morgan fingerprint density at radius 3 is 2.79 bits per heavy atom. The molecule has 2 aromatic rings. The van der Waals surface area contributed by atoms with Gasteiger partial charge in [0.15, 0.2) is 0 Å². The SMILES string of the molecule is COc1ccc([C@@H](C)N)c(OCc2cccnc2)c1. The maximum atomic E-state index is 5.94. The fourth-order valence-electron chi connectivity index (χ4n) is 1.79. The van der Waals surface area contributed by atoms with Gasteiger partial charge in [0, 0.05) is 35.6 Å². The number of methoxy groups -OCH3 is 1. The monoisotopic (exact) mass is 258 g/mol. The molecular formula is C15H18N2O2. The number of benzene rings is 1. The molecule has 100 valence electrons. The molecule has 2 rings (SSSR count). The van der Waals surface area contributed by atoms with E-state index in [4.69, 9.17) is 15.2 Å². The summed E-state index contributed by atoms with van der Waals surface area (Å²) < 4.78 is 11.0. The lowest BCUT2D eigenvalue weighted by Gasteiger charge is -2.15. The second-order valence-corrected chi connectivity index (χ2v) is 4.34. The van der Waals surface area contributed by atoms with Gasteiger partial charge in [-0.25, -0.2) is 0 Å². The Hall–Kier alpha value is -2.07. The van der Waals surface area contributed by atoms with Gasteiger partial charge in [-0.2, -0.15) is 0 Å². The highest BCUT2D eigenvalue weighted by Gasteiger charge is 2.10. The van der Waals surface area contributed by atoms with Crippen LogP contribution in [0.15, 0.2) is 42.7 Å². The van der Waals surface area contributed by atoms with Gasteiger partial charge < -0.3 is 15.2 Å². The van der Waals surface area contributed by atoms with Gasteiger partial charge in [-0.1, -0.05) is 12.1 Å². The number of pyridine rings is 1. The highest BCUT2D eigenvalue weighted by Crippen LogP contribution is 2.29. The Morgan fingerprint density at radius 2 is 2.16 bits per heavy atom. The van der Waals surface area contributed by atoms with E-state index >= 15 is 0 Å². The molecule has 19 heavy (non-hydrogen) atoms. The van der Waals surface area contributed by atoms with E-state index in [1.54, 1.807) is 19.5 Å². The van der Waals surface area contributed by atoms with Crippen LogP contribution in [-0.4, -0.2) is 12.1 Å². The summed E-state index contributed by atoms with van der Waals surface area (Å²) in [6.07, 6.45) is 3.52. The Labute approximate surface area is 113 Å². The van der Waals surface area contributed by atoms with Crippen molar-refractivity contribution in [3.05, 3.63) is 53.9 Å². The smallest absolute Gasteiger partial charge is 0.128 e. The predicted octanol–water partition coefficient (Wildman–Crippen LogP) is 2.69. The summed E-state index contributed by atoms with van der Waals surface area (Å²) in [5.74, 6) is 1.50. The highest BCUT2D eigenvalue weighted by atomic mass is 16.5. The van der Waals surface area contributed by atoms with Crippen molar-refractivity contribution >= 4 is 0 Å². The van der Waals surface area contributed by atoms with Crippen LogP contribution >= 0.6 is 0 Å². The number of nitrogens with zero attached hydrogens (tertiary/aromatic N) is 1. The topological polar surface area (TPSA) is 57.4 Å². The predicted molar refractivity (Wildman–Crippen MR) is 74.2 cm³/mol. The summed E-state index contributed by atoms with van der Waals surface area (Å²) in [5.41, 5.74) is 7.92. The second-order valence-electron chi connectivity index (χ2n) is 4.34. The van der Waals surface area contributed by atoms with Crippen LogP contribution < -0.4 is 15.2 Å². The van der Waals surface area contributed by atoms with Gasteiger partial charge in [-0.15, -0.1) is 0 Å². The molecular weight excluding hydrogens is 240 g/mol. The van der Waals surface area contributed by atoms with Crippen LogP contribution in [0.3, 0.4) is 0 Å². The van der Waals surface area contributed by atoms with Gasteiger partial charge in [0.1, 0.15) is 18.1 Å².